The van der Waals surface area contributed by atoms with Gasteiger partial charge >= 0.3 is 5.97 Å². The van der Waals surface area contributed by atoms with Gasteiger partial charge in [0.2, 0.25) is 5.91 Å². The van der Waals surface area contributed by atoms with Crippen LogP contribution in [-0.2, 0) is 11.3 Å². The lowest BCUT2D eigenvalue weighted by Gasteiger charge is -2.30. The molecule has 0 bridgehead atoms. The number of benzene rings is 2. The number of aromatic carboxylic acids is 1. The molecule has 0 atom stereocenters. The number of pyridine rings is 1. The SMILES string of the molecule is O=C(O)c1ccccc1-c1cnc2c(c1)N(Cc1c(F)ccc(F)c1Cl)C(=O)CN2. The maximum atomic E-state index is 14.3. The van der Waals surface area contributed by atoms with Gasteiger partial charge in [0.15, 0.2) is 5.82 Å². The van der Waals surface area contributed by atoms with E-state index in [2.05, 4.69) is 10.3 Å². The van der Waals surface area contributed by atoms with Crippen molar-refractivity contribution >= 4 is 35.0 Å². The number of halogens is 3. The van der Waals surface area contributed by atoms with Crippen molar-refractivity contribution in [3.63, 3.8) is 0 Å². The normalized spacial score (nSPS) is 13.0. The largest absolute Gasteiger partial charge is 0.478 e. The number of amides is 1. The van der Waals surface area contributed by atoms with Crippen molar-refractivity contribution in [2.75, 3.05) is 16.8 Å². The summed E-state index contributed by atoms with van der Waals surface area (Å²) in [5, 5.41) is 11.9. The number of anilines is 2. The first-order valence-electron chi connectivity index (χ1n) is 8.86. The standard InChI is InChI=1S/C21H14ClF2N3O3/c22-19-14(15(23)5-6-16(19)24)10-27-17-7-11(8-25-20(17)26-9-18(27)28)12-3-1-2-4-13(12)21(29)30/h1-8H,9-10H2,(H,25,26)(H,29,30). The summed E-state index contributed by atoms with van der Waals surface area (Å²) in [5.74, 6) is -2.68. The fourth-order valence-electron chi connectivity index (χ4n) is 3.30. The second kappa shape index (κ2) is 7.72. The van der Waals surface area contributed by atoms with Gasteiger partial charge in [0.1, 0.15) is 11.6 Å². The number of carboxylic acids is 1. The van der Waals surface area contributed by atoms with E-state index in [0.29, 0.717) is 22.6 Å². The maximum absolute atomic E-state index is 14.3. The van der Waals surface area contributed by atoms with E-state index in [4.69, 9.17) is 11.6 Å². The zero-order valence-electron chi connectivity index (χ0n) is 15.3. The second-order valence-corrected chi connectivity index (χ2v) is 6.98. The molecular formula is C21H14ClF2N3O3. The van der Waals surface area contributed by atoms with Crippen LogP contribution in [0.5, 0.6) is 0 Å². The van der Waals surface area contributed by atoms with Crippen LogP contribution in [0.2, 0.25) is 5.02 Å². The number of nitrogens with one attached hydrogen (secondary N) is 1. The van der Waals surface area contributed by atoms with E-state index >= 15 is 0 Å². The number of carboxylic acid groups (broad SMARTS) is 1. The highest BCUT2D eigenvalue weighted by Gasteiger charge is 2.28. The average molecular weight is 430 g/mol. The number of carbonyl (C=O) groups excluding carboxylic acids is 1. The molecule has 1 amide bonds. The van der Waals surface area contributed by atoms with Gasteiger partial charge in [-0.1, -0.05) is 29.8 Å². The predicted octanol–water partition coefficient (Wildman–Crippen LogP) is 4.34. The van der Waals surface area contributed by atoms with Gasteiger partial charge in [-0.3, -0.25) is 4.79 Å². The monoisotopic (exact) mass is 429 g/mol. The van der Waals surface area contributed by atoms with Crippen molar-refractivity contribution < 1.29 is 23.5 Å². The van der Waals surface area contributed by atoms with Crippen LogP contribution in [0.15, 0.2) is 48.7 Å². The molecule has 0 aliphatic carbocycles. The Hall–Kier alpha value is -3.52. The molecule has 0 radical (unpaired) electrons. The highest BCUT2D eigenvalue weighted by molar-refractivity contribution is 6.31. The van der Waals surface area contributed by atoms with Gasteiger partial charge in [-0.15, -0.1) is 0 Å². The molecule has 1 aliphatic rings. The fraction of sp³-hybridized carbons (Fsp3) is 0.0952. The highest BCUT2D eigenvalue weighted by atomic mass is 35.5. The Morgan fingerprint density at radius 1 is 1.20 bits per heavy atom. The molecule has 30 heavy (non-hydrogen) atoms. The van der Waals surface area contributed by atoms with Crippen molar-refractivity contribution in [1.82, 2.24) is 4.98 Å². The lowest BCUT2D eigenvalue weighted by Crippen LogP contribution is -2.40. The molecule has 2 N–H and O–H groups in total. The quantitative estimate of drug-likeness (QED) is 0.603. The van der Waals surface area contributed by atoms with Gasteiger partial charge in [-0.25, -0.2) is 18.6 Å². The first-order chi connectivity index (χ1) is 14.4. The minimum atomic E-state index is -1.11. The summed E-state index contributed by atoms with van der Waals surface area (Å²) in [6.45, 7) is -0.388. The van der Waals surface area contributed by atoms with Crippen LogP contribution in [0.3, 0.4) is 0 Å². The van der Waals surface area contributed by atoms with Crippen molar-refractivity contribution in [2.24, 2.45) is 0 Å². The first-order valence-corrected chi connectivity index (χ1v) is 9.24. The number of carbonyl (C=O) groups is 2. The number of hydrogen-bond acceptors (Lipinski definition) is 4. The van der Waals surface area contributed by atoms with E-state index in [1.54, 1.807) is 24.3 Å². The van der Waals surface area contributed by atoms with Gasteiger partial charge in [-0.2, -0.15) is 0 Å². The molecule has 2 aromatic carbocycles. The zero-order chi connectivity index (χ0) is 21.4. The molecule has 0 fully saturated rings. The Morgan fingerprint density at radius 3 is 2.70 bits per heavy atom. The van der Waals surface area contributed by atoms with Crippen molar-refractivity contribution in [2.45, 2.75) is 6.54 Å². The van der Waals surface area contributed by atoms with Gasteiger partial charge in [0, 0.05) is 17.3 Å². The molecule has 1 aliphatic heterocycles. The van der Waals surface area contributed by atoms with E-state index in [1.165, 1.54) is 17.2 Å². The Balaban J connectivity index is 1.81. The number of rotatable bonds is 4. The van der Waals surface area contributed by atoms with E-state index < -0.39 is 28.5 Å². The summed E-state index contributed by atoms with van der Waals surface area (Å²) in [7, 11) is 0. The average Bonchev–Trinajstić information content (AvgIpc) is 2.75. The maximum Gasteiger partial charge on any atom is 0.336 e. The highest BCUT2D eigenvalue weighted by Crippen LogP contribution is 2.35. The minimum absolute atomic E-state index is 0.0696. The molecule has 0 saturated heterocycles. The van der Waals surface area contributed by atoms with E-state index in [-0.39, 0.29) is 24.2 Å². The molecule has 0 spiro atoms. The van der Waals surface area contributed by atoms with Crippen LogP contribution >= 0.6 is 11.6 Å². The predicted molar refractivity (Wildman–Crippen MR) is 108 cm³/mol. The summed E-state index contributed by atoms with van der Waals surface area (Å²) >= 11 is 5.93. The third-order valence-electron chi connectivity index (χ3n) is 4.79. The Kier molecular flexibility index (Phi) is 5.09. The molecule has 3 aromatic rings. The topological polar surface area (TPSA) is 82.5 Å². The van der Waals surface area contributed by atoms with Gasteiger partial charge < -0.3 is 15.3 Å². The Labute approximate surface area is 174 Å². The zero-order valence-corrected chi connectivity index (χ0v) is 16.1. The molecule has 1 aromatic heterocycles. The van der Waals surface area contributed by atoms with Crippen LogP contribution in [0.25, 0.3) is 11.1 Å². The fourth-order valence-corrected chi connectivity index (χ4v) is 3.51. The minimum Gasteiger partial charge on any atom is -0.478 e. The summed E-state index contributed by atoms with van der Waals surface area (Å²) in [5.41, 5.74) is 1.09. The Morgan fingerprint density at radius 2 is 1.93 bits per heavy atom. The lowest BCUT2D eigenvalue weighted by atomic mass is 10.00. The smallest absolute Gasteiger partial charge is 0.336 e. The van der Waals surface area contributed by atoms with Gasteiger partial charge in [0.05, 0.1) is 29.4 Å². The van der Waals surface area contributed by atoms with Gasteiger partial charge in [0.25, 0.3) is 0 Å². The molecule has 9 heteroatoms. The molecule has 0 saturated carbocycles. The number of aromatic nitrogens is 1. The summed E-state index contributed by atoms with van der Waals surface area (Å²) in [6.07, 6.45) is 1.48. The third kappa shape index (κ3) is 3.46. The molecular weight excluding hydrogens is 416 g/mol. The summed E-state index contributed by atoms with van der Waals surface area (Å²) < 4.78 is 28.1. The summed E-state index contributed by atoms with van der Waals surface area (Å²) in [6, 6.07) is 9.81. The van der Waals surface area contributed by atoms with E-state index in [9.17, 15) is 23.5 Å². The number of nitrogens with zero attached hydrogens (tertiary/aromatic N) is 2. The molecule has 0 unspecified atom stereocenters. The van der Waals surface area contributed by atoms with E-state index in [0.717, 1.165) is 12.1 Å². The lowest BCUT2D eigenvalue weighted by molar-refractivity contribution is -0.117. The van der Waals surface area contributed by atoms with Crippen LogP contribution < -0.4 is 10.2 Å². The van der Waals surface area contributed by atoms with Crippen molar-refractivity contribution in [3.05, 3.63) is 76.4 Å². The summed E-state index contributed by atoms with van der Waals surface area (Å²) in [4.78, 5) is 29.7. The Bertz CT molecular complexity index is 1190. The van der Waals surface area contributed by atoms with Gasteiger partial charge in [-0.05, 0) is 29.8 Å². The van der Waals surface area contributed by atoms with Crippen LogP contribution in [0.1, 0.15) is 15.9 Å². The molecule has 152 valence electrons. The number of hydrogen-bond donors (Lipinski definition) is 2. The van der Waals surface area contributed by atoms with Crippen molar-refractivity contribution in [3.8, 4) is 11.1 Å². The van der Waals surface area contributed by atoms with E-state index in [1.807, 2.05) is 0 Å². The number of fused-ring (bicyclic) bond motifs is 1. The molecule has 2 heterocycles. The first kappa shape index (κ1) is 19.8. The van der Waals surface area contributed by atoms with Crippen molar-refractivity contribution in [1.29, 1.82) is 0 Å². The van der Waals surface area contributed by atoms with Crippen LogP contribution in [0, 0.1) is 11.6 Å². The van der Waals surface area contributed by atoms with Crippen LogP contribution in [0.4, 0.5) is 20.3 Å². The molecule has 4 rings (SSSR count). The second-order valence-electron chi connectivity index (χ2n) is 6.60. The third-order valence-corrected chi connectivity index (χ3v) is 5.20. The van der Waals surface area contributed by atoms with Crippen LogP contribution in [-0.4, -0.2) is 28.5 Å². The molecule has 6 nitrogen and oxygen atoms in total.